The Hall–Kier alpha value is -1.73. The quantitative estimate of drug-likeness (QED) is 0.373. The molecule has 0 bridgehead atoms. The predicted octanol–water partition coefficient (Wildman–Crippen LogP) is 0.00330. The van der Waals surface area contributed by atoms with Crippen LogP contribution in [0.1, 0.15) is 13.3 Å². The summed E-state index contributed by atoms with van der Waals surface area (Å²) in [6, 6.07) is 0. The number of rotatable bonds is 6. The molecule has 0 aliphatic carbocycles. The Morgan fingerprint density at radius 1 is 1.64 bits per heavy atom. The van der Waals surface area contributed by atoms with Gasteiger partial charge in [0.05, 0.1) is 11.6 Å². The third-order valence-electron chi connectivity index (χ3n) is 1.30. The molecular formula is C6H13N5O3. The van der Waals surface area contributed by atoms with E-state index >= 15 is 0 Å². The van der Waals surface area contributed by atoms with Crippen molar-refractivity contribution in [2.45, 2.75) is 13.3 Å². The van der Waals surface area contributed by atoms with Crippen LogP contribution in [0.5, 0.6) is 0 Å². The minimum Gasteiger partial charge on any atom is -0.356 e. The molecule has 0 saturated carbocycles. The van der Waals surface area contributed by atoms with E-state index in [2.05, 4.69) is 15.8 Å². The lowest BCUT2D eigenvalue weighted by Crippen LogP contribution is -2.26. The average Bonchev–Trinajstić information content (AvgIpc) is 2.12. The number of carbonyl (C=O) groups is 1. The summed E-state index contributed by atoms with van der Waals surface area (Å²) in [6.07, 6.45) is 0.237. The number of carbonyl (C=O) groups excluding carboxylic acids is 1. The van der Waals surface area contributed by atoms with E-state index < -0.39 is 5.03 Å². The van der Waals surface area contributed by atoms with E-state index in [4.69, 9.17) is 0 Å². The van der Waals surface area contributed by atoms with Gasteiger partial charge in [-0.3, -0.25) is 4.79 Å². The third-order valence-corrected chi connectivity index (χ3v) is 1.30. The number of hydrogen-bond donors (Lipinski definition) is 1. The molecule has 0 unspecified atom stereocenters. The van der Waals surface area contributed by atoms with Crippen molar-refractivity contribution < 1.29 is 9.83 Å². The zero-order valence-corrected chi connectivity index (χ0v) is 8.13. The van der Waals surface area contributed by atoms with E-state index in [1.807, 2.05) is 6.92 Å². The summed E-state index contributed by atoms with van der Waals surface area (Å²) in [5.41, 5.74) is 0. The van der Waals surface area contributed by atoms with Crippen LogP contribution in [-0.4, -0.2) is 36.1 Å². The number of nitrogens with zero attached hydrogens (tertiary/aromatic N) is 4. The number of nitro groups is 1. The van der Waals surface area contributed by atoms with Crippen LogP contribution in [0.2, 0.25) is 0 Å². The summed E-state index contributed by atoms with van der Waals surface area (Å²) >= 11 is 0. The highest BCUT2D eigenvalue weighted by Crippen LogP contribution is 1.89. The van der Waals surface area contributed by atoms with Crippen LogP contribution in [0.25, 0.3) is 0 Å². The molecule has 0 aromatic heterocycles. The molecule has 1 N–H and O–H groups in total. The Labute approximate surface area is 81.1 Å². The van der Waals surface area contributed by atoms with Crippen molar-refractivity contribution in [3.63, 3.8) is 0 Å². The molecule has 0 aromatic rings. The van der Waals surface area contributed by atoms with Gasteiger partial charge in [-0.1, -0.05) is 0 Å². The van der Waals surface area contributed by atoms with Crippen LogP contribution in [0.4, 0.5) is 0 Å². The highest BCUT2D eigenvalue weighted by atomic mass is 16.7. The maximum atomic E-state index is 10.9. The molecule has 0 aliphatic rings. The summed E-state index contributed by atoms with van der Waals surface area (Å²) in [5.74, 6) is -0.115. The summed E-state index contributed by atoms with van der Waals surface area (Å²) in [5, 5.41) is 18.6. The molecule has 8 nitrogen and oxygen atoms in total. The van der Waals surface area contributed by atoms with Crippen LogP contribution in [0.15, 0.2) is 10.4 Å². The molecule has 0 aromatic carbocycles. The number of nitrogens with one attached hydrogen (secondary N) is 1. The Morgan fingerprint density at radius 3 is 2.79 bits per heavy atom. The van der Waals surface area contributed by atoms with Crippen molar-refractivity contribution in [1.82, 2.24) is 10.3 Å². The van der Waals surface area contributed by atoms with E-state index in [0.29, 0.717) is 13.1 Å². The van der Waals surface area contributed by atoms with Gasteiger partial charge in [0.1, 0.15) is 0 Å². The second-order valence-electron chi connectivity index (χ2n) is 2.50. The lowest BCUT2D eigenvalue weighted by atomic mass is 10.4. The fraction of sp³-hybridized carbons (Fsp3) is 0.833. The largest absolute Gasteiger partial charge is 0.356 e. The van der Waals surface area contributed by atoms with Crippen molar-refractivity contribution in [3.8, 4) is 0 Å². The Kier molecular flexibility index (Phi) is 5.92. The molecular weight excluding hydrogens is 190 g/mol. The third kappa shape index (κ3) is 6.95. The predicted molar refractivity (Wildman–Crippen MR) is 47.8 cm³/mol. The van der Waals surface area contributed by atoms with Gasteiger partial charge in [0.2, 0.25) is 11.1 Å². The van der Waals surface area contributed by atoms with E-state index in [0.717, 1.165) is 0 Å². The molecule has 80 valence electrons. The Balaban J connectivity index is 3.68. The minimum absolute atomic E-state index is 0.115. The van der Waals surface area contributed by atoms with Crippen molar-refractivity contribution in [3.05, 3.63) is 10.1 Å². The highest BCUT2D eigenvalue weighted by molar-refractivity contribution is 5.75. The fourth-order valence-corrected chi connectivity index (χ4v) is 0.695. The summed E-state index contributed by atoms with van der Waals surface area (Å²) in [7, 11) is 1.51. The normalized spacial score (nSPS) is 10.1. The first kappa shape index (κ1) is 12.3. The van der Waals surface area contributed by atoms with Gasteiger partial charge in [-0.25, -0.2) is 0 Å². The van der Waals surface area contributed by atoms with Gasteiger partial charge in [0.25, 0.3) is 0 Å². The molecule has 0 saturated heterocycles. The van der Waals surface area contributed by atoms with Gasteiger partial charge in [-0.2, -0.15) is 5.01 Å². The van der Waals surface area contributed by atoms with E-state index in [1.165, 1.54) is 12.1 Å². The molecule has 0 rings (SSSR count). The first-order chi connectivity index (χ1) is 6.56. The second-order valence-corrected chi connectivity index (χ2v) is 2.50. The Bertz CT molecular complexity index is 230. The molecule has 8 heteroatoms. The molecule has 0 aliphatic heterocycles. The smallest absolute Gasteiger partial charge is 0.221 e. The van der Waals surface area contributed by atoms with Crippen molar-refractivity contribution in [2.24, 2.45) is 10.4 Å². The maximum absolute atomic E-state index is 10.9. The molecule has 0 spiro atoms. The zero-order valence-electron chi connectivity index (χ0n) is 8.13. The lowest BCUT2D eigenvalue weighted by Gasteiger charge is -2.04. The van der Waals surface area contributed by atoms with Gasteiger partial charge < -0.3 is 15.4 Å². The second kappa shape index (κ2) is 6.75. The Morgan fingerprint density at radius 2 is 2.29 bits per heavy atom. The van der Waals surface area contributed by atoms with E-state index in [-0.39, 0.29) is 12.3 Å². The van der Waals surface area contributed by atoms with Crippen LogP contribution in [0.3, 0.4) is 0 Å². The first-order valence-electron chi connectivity index (χ1n) is 4.10. The lowest BCUT2D eigenvalue weighted by molar-refractivity contribution is -0.496. The minimum atomic E-state index is -0.900. The van der Waals surface area contributed by atoms with E-state index in [1.54, 1.807) is 0 Å². The van der Waals surface area contributed by atoms with Crippen LogP contribution < -0.4 is 5.32 Å². The maximum Gasteiger partial charge on any atom is 0.221 e. The van der Waals surface area contributed by atoms with Crippen LogP contribution >= 0.6 is 0 Å². The summed E-state index contributed by atoms with van der Waals surface area (Å²) in [4.78, 5) is 20.7. The topological polar surface area (TPSA) is 100 Å². The number of hydrogen-bond acceptors (Lipinski definition) is 4. The molecule has 0 fully saturated rings. The van der Waals surface area contributed by atoms with Crippen molar-refractivity contribution in [1.29, 1.82) is 0 Å². The van der Waals surface area contributed by atoms with Gasteiger partial charge in [0.15, 0.2) is 5.22 Å². The van der Waals surface area contributed by atoms with Crippen LogP contribution in [0, 0.1) is 10.1 Å². The fourth-order valence-electron chi connectivity index (χ4n) is 0.695. The average molecular weight is 203 g/mol. The standard InChI is InChI=1S/C6H13N5O3/c1-3-7-6(12)4-5-10(2)8-9-11(13)14/h3-5H2,1-2H3,(H,7,12). The molecule has 0 radical (unpaired) electrons. The zero-order chi connectivity index (χ0) is 11.0. The van der Waals surface area contributed by atoms with Gasteiger partial charge in [-0.15, -0.1) is 0 Å². The molecule has 0 heterocycles. The van der Waals surface area contributed by atoms with Gasteiger partial charge in [0, 0.05) is 20.0 Å². The number of amides is 1. The SMILES string of the molecule is CCNC(=O)CCN(C)N=N[N+](=O)[O-]. The molecule has 1 amide bonds. The van der Waals surface area contributed by atoms with Crippen molar-refractivity contribution in [2.75, 3.05) is 20.1 Å². The summed E-state index contributed by atoms with van der Waals surface area (Å²) in [6.45, 7) is 2.68. The van der Waals surface area contributed by atoms with Gasteiger partial charge in [-0.05, 0) is 6.92 Å². The monoisotopic (exact) mass is 203 g/mol. The molecule has 14 heavy (non-hydrogen) atoms. The highest BCUT2D eigenvalue weighted by Gasteiger charge is 2.05. The summed E-state index contributed by atoms with van der Waals surface area (Å²) < 4.78 is 0. The first-order valence-corrected chi connectivity index (χ1v) is 4.10. The molecule has 0 atom stereocenters. The van der Waals surface area contributed by atoms with E-state index in [9.17, 15) is 14.9 Å². The van der Waals surface area contributed by atoms with Crippen LogP contribution in [-0.2, 0) is 4.79 Å². The van der Waals surface area contributed by atoms with Crippen molar-refractivity contribution >= 4 is 5.91 Å². The van der Waals surface area contributed by atoms with Gasteiger partial charge >= 0.3 is 0 Å².